The van der Waals surface area contributed by atoms with Crippen LogP contribution in [0.5, 0.6) is 0 Å². The number of piperidine rings is 1. The van der Waals surface area contributed by atoms with Crippen LogP contribution in [0.2, 0.25) is 0 Å². The lowest BCUT2D eigenvalue weighted by molar-refractivity contribution is -0.149. The van der Waals surface area contributed by atoms with Gasteiger partial charge in [-0.15, -0.1) is 0 Å². The topological polar surface area (TPSA) is 95.9 Å². The monoisotopic (exact) mass is 464 g/mol. The summed E-state index contributed by atoms with van der Waals surface area (Å²) in [4.78, 5) is 38.8. The highest BCUT2D eigenvalue weighted by Crippen LogP contribution is 2.44. The minimum absolute atomic E-state index is 0.0290. The van der Waals surface area contributed by atoms with E-state index in [1.807, 2.05) is 38.1 Å². The largest absolute Gasteiger partial charge is 0.481 e. The second-order valence-electron chi connectivity index (χ2n) is 9.52. The number of fused-ring (bicyclic) bond motifs is 3. The van der Waals surface area contributed by atoms with Gasteiger partial charge in [0.2, 0.25) is 5.91 Å². The minimum atomic E-state index is -0.868. The van der Waals surface area contributed by atoms with Crippen molar-refractivity contribution in [2.24, 2.45) is 11.3 Å². The van der Waals surface area contributed by atoms with E-state index in [1.165, 1.54) is 0 Å². The molecule has 2 aromatic carbocycles. The number of ether oxygens (including phenoxy) is 1. The summed E-state index contributed by atoms with van der Waals surface area (Å²) in [6.07, 6.45) is 1.21. The average Bonchev–Trinajstić information content (AvgIpc) is 3.19. The van der Waals surface area contributed by atoms with E-state index < -0.39 is 23.4 Å². The van der Waals surface area contributed by atoms with Crippen molar-refractivity contribution in [3.05, 3.63) is 59.7 Å². The molecule has 4 rings (SSSR count). The molecule has 0 aromatic heterocycles. The number of rotatable bonds is 7. The highest BCUT2D eigenvalue weighted by atomic mass is 16.5. The molecule has 1 unspecified atom stereocenters. The van der Waals surface area contributed by atoms with E-state index >= 15 is 0 Å². The number of carbonyl (C=O) groups is 3. The van der Waals surface area contributed by atoms with Gasteiger partial charge in [0, 0.05) is 25.6 Å². The molecule has 1 aliphatic carbocycles. The highest BCUT2D eigenvalue weighted by molar-refractivity contribution is 5.84. The van der Waals surface area contributed by atoms with Gasteiger partial charge >= 0.3 is 12.1 Å². The predicted molar refractivity (Wildman–Crippen MR) is 128 cm³/mol. The van der Waals surface area contributed by atoms with Gasteiger partial charge in [-0.3, -0.25) is 9.59 Å². The second-order valence-corrected chi connectivity index (χ2v) is 9.52. The Bertz CT molecular complexity index is 1040. The lowest BCUT2D eigenvalue weighted by Crippen LogP contribution is -2.52. The molecule has 2 N–H and O–H groups in total. The summed E-state index contributed by atoms with van der Waals surface area (Å²) in [7, 11) is 0. The van der Waals surface area contributed by atoms with Crippen LogP contribution in [0.3, 0.4) is 0 Å². The van der Waals surface area contributed by atoms with Crippen molar-refractivity contribution >= 4 is 18.0 Å². The number of nitrogens with zero attached hydrogens (tertiary/aromatic N) is 1. The molecule has 1 heterocycles. The first-order chi connectivity index (χ1) is 16.3. The SMILES string of the molecule is CCC(C)(CNC(=O)OCC1c2ccccc2-c2ccccc21)C(=O)N1CCC[C@@H](C(=O)O)C1. The Balaban J connectivity index is 1.36. The first-order valence-electron chi connectivity index (χ1n) is 11.9. The molecule has 34 heavy (non-hydrogen) atoms. The third-order valence-electron chi connectivity index (χ3n) is 7.32. The molecule has 1 aliphatic heterocycles. The molecule has 0 bridgehead atoms. The Morgan fingerprint density at radius 2 is 1.71 bits per heavy atom. The molecule has 2 aliphatic rings. The van der Waals surface area contributed by atoms with Crippen molar-refractivity contribution in [3.63, 3.8) is 0 Å². The molecule has 1 fully saturated rings. The number of benzene rings is 2. The van der Waals surface area contributed by atoms with E-state index in [4.69, 9.17) is 4.74 Å². The first kappa shape index (κ1) is 23.8. The van der Waals surface area contributed by atoms with Crippen LogP contribution in [0.15, 0.2) is 48.5 Å². The Labute approximate surface area is 200 Å². The molecule has 2 amide bonds. The van der Waals surface area contributed by atoms with Crippen LogP contribution < -0.4 is 5.32 Å². The van der Waals surface area contributed by atoms with Crippen LogP contribution in [-0.2, 0) is 14.3 Å². The van der Waals surface area contributed by atoms with E-state index in [0.717, 1.165) is 22.3 Å². The fourth-order valence-electron chi connectivity index (χ4n) is 5.01. The number of hydrogen-bond acceptors (Lipinski definition) is 4. The number of nitrogens with one attached hydrogen (secondary N) is 1. The van der Waals surface area contributed by atoms with Crippen molar-refractivity contribution in [3.8, 4) is 11.1 Å². The molecule has 0 radical (unpaired) electrons. The Morgan fingerprint density at radius 3 is 2.29 bits per heavy atom. The maximum Gasteiger partial charge on any atom is 0.407 e. The van der Waals surface area contributed by atoms with Crippen LogP contribution in [-0.4, -0.2) is 54.2 Å². The molecule has 180 valence electrons. The molecule has 0 saturated carbocycles. The number of alkyl carbamates (subject to hydrolysis) is 1. The predicted octanol–water partition coefficient (Wildman–Crippen LogP) is 4.26. The van der Waals surface area contributed by atoms with Gasteiger partial charge in [-0.2, -0.15) is 0 Å². The van der Waals surface area contributed by atoms with Crippen molar-refractivity contribution in [2.45, 2.75) is 39.0 Å². The number of aliphatic carboxylic acids is 1. The van der Waals surface area contributed by atoms with Crippen molar-refractivity contribution in [1.29, 1.82) is 0 Å². The van der Waals surface area contributed by atoms with Gasteiger partial charge in [0.25, 0.3) is 0 Å². The van der Waals surface area contributed by atoms with Crippen LogP contribution in [0, 0.1) is 11.3 Å². The van der Waals surface area contributed by atoms with Crippen LogP contribution in [0.25, 0.3) is 11.1 Å². The number of carboxylic acid groups (broad SMARTS) is 1. The van der Waals surface area contributed by atoms with Gasteiger partial charge in [0.15, 0.2) is 0 Å². The van der Waals surface area contributed by atoms with Crippen molar-refractivity contribution in [1.82, 2.24) is 10.2 Å². The molecule has 1 saturated heterocycles. The average molecular weight is 465 g/mol. The molecule has 0 spiro atoms. The Kier molecular flexibility index (Phi) is 6.91. The summed E-state index contributed by atoms with van der Waals surface area (Å²) in [6.45, 7) is 4.81. The number of carboxylic acids is 1. The maximum atomic E-state index is 13.2. The second kappa shape index (κ2) is 9.87. The standard InChI is InChI=1S/C27H32N2O5/c1-3-27(2,25(32)29-14-8-9-18(15-29)24(30)31)17-28-26(33)34-16-23-21-12-6-4-10-19(21)20-11-5-7-13-22(20)23/h4-7,10-13,18,23H,3,8-9,14-17H2,1-2H3,(H,28,33)(H,30,31)/t18-,27?/m1/s1. The Morgan fingerprint density at radius 1 is 1.09 bits per heavy atom. The molecular weight excluding hydrogens is 432 g/mol. The highest BCUT2D eigenvalue weighted by Gasteiger charge is 2.38. The lowest BCUT2D eigenvalue weighted by Gasteiger charge is -2.37. The van der Waals surface area contributed by atoms with Crippen molar-refractivity contribution < 1.29 is 24.2 Å². The zero-order chi connectivity index (χ0) is 24.3. The molecule has 7 heteroatoms. The number of carbonyl (C=O) groups excluding carboxylic acids is 2. The normalized spacial score (nSPS) is 19.0. The van der Waals surface area contributed by atoms with E-state index in [-0.39, 0.29) is 31.5 Å². The fraction of sp³-hybridized carbons (Fsp3) is 0.444. The van der Waals surface area contributed by atoms with Crippen LogP contribution >= 0.6 is 0 Å². The maximum absolute atomic E-state index is 13.2. The van der Waals surface area contributed by atoms with Crippen molar-refractivity contribution in [2.75, 3.05) is 26.2 Å². The summed E-state index contributed by atoms with van der Waals surface area (Å²) in [5, 5.41) is 12.1. The number of likely N-dealkylation sites (tertiary alicyclic amines) is 1. The molecular formula is C27H32N2O5. The van der Waals surface area contributed by atoms with Gasteiger partial charge in [-0.1, -0.05) is 55.5 Å². The molecule has 2 atom stereocenters. The summed E-state index contributed by atoms with van der Waals surface area (Å²) in [5.41, 5.74) is 3.78. The summed E-state index contributed by atoms with van der Waals surface area (Å²) < 4.78 is 5.60. The fourth-order valence-corrected chi connectivity index (χ4v) is 5.01. The third kappa shape index (κ3) is 4.65. The van der Waals surface area contributed by atoms with Gasteiger partial charge in [0.1, 0.15) is 6.61 Å². The van der Waals surface area contributed by atoms with Gasteiger partial charge in [0.05, 0.1) is 11.3 Å². The summed E-state index contributed by atoms with van der Waals surface area (Å²) >= 11 is 0. The van der Waals surface area contributed by atoms with E-state index in [0.29, 0.717) is 25.8 Å². The quantitative estimate of drug-likeness (QED) is 0.638. The van der Waals surface area contributed by atoms with Crippen LogP contribution in [0.4, 0.5) is 4.79 Å². The number of amides is 2. The van der Waals surface area contributed by atoms with Gasteiger partial charge in [-0.05, 0) is 48.4 Å². The molecule has 7 nitrogen and oxygen atoms in total. The smallest absolute Gasteiger partial charge is 0.407 e. The zero-order valence-corrected chi connectivity index (χ0v) is 19.8. The number of hydrogen-bond donors (Lipinski definition) is 2. The van der Waals surface area contributed by atoms with E-state index in [2.05, 4.69) is 29.6 Å². The molecule has 2 aromatic rings. The minimum Gasteiger partial charge on any atom is -0.481 e. The Hall–Kier alpha value is -3.35. The lowest BCUT2D eigenvalue weighted by atomic mass is 9.84. The van der Waals surface area contributed by atoms with Crippen LogP contribution in [0.1, 0.15) is 50.2 Å². The summed E-state index contributed by atoms with van der Waals surface area (Å²) in [6, 6.07) is 16.3. The summed E-state index contributed by atoms with van der Waals surface area (Å²) in [5.74, 6) is -1.56. The zero-order valence-electron chi connectivity index (χ0n) is 19.8. The first-order valence-corrected chi connectivity index (χ1v) is 11.9. The van der Waals surface area contributed by atoms with Gasteiger partial charge < -0.3 is 20.1 Å². The van der Waals surface area contributed by atoms with Gasteiger partial charge in [-0.25, -0.2) is 4.79 Å². The van der Waals surface area contributed by atoms with E-state index in [9.17, 15) is 19.5 Å². The van der Waals surface area contributed by atoms with E-state index in [1.54, 1.807) is 4.90 Å². The third-order valence-corrected chi connectivity index (χ3v) is 7.32.